The van der Waals surface area contributed by atoms with Gasteiger partial charge >= 0.3 is 5.63 Å². The van der Waals surface area contributed by atoms with Crippen LogP contribution in [0, 0.1) is 5.82 Å². The third-order valence-corrected chi connectivity index (χ3v) is 5.39. The lowest BCUT2D eigenvalue weighted by Crippen LogP contribution is -2.07. The van der Waals surface area contributed by atoms with Crippen molar-refractivity contribution < 1.29 is 13.5 Å². The molecular formula is C27H31FO3. The average Bonchev–Trinajstić information content (AvgIpc) is 2.77. The summed E-state index contributed by atoms with van der Waals surface area (Å²) in [6.45, 7) is 4.60. The topological polar surface area (TPSA) is 39.4 Å². The van der Waals surface area contributed by atoms with E-state index in [-0.39, 0.29) is 11.1 Å². The third kappa shape index (κ3) is 6.30. The van der Waals surface area contributed by atoms with E-state index in [1.165, 1.54) is 12.8 Å². The van der Waals surface area contributed by atoms with Gasteiger partial charge in [0.25, 0.3) is 0 Å². The summed E-state index contributed by atoms with van der Waals surface area (Å²) in [5.74, 6) is 0.0363. The first-order chi connectivity index (χ1) is 15.1. The van der Waals surface area contributed by atoms with Crippen molar-refractivity contribution in [1.29, 1.82) is 0 Å². The number of unbranched alkanes of at least 4 members (excludes halogenated alkanes) is 4. The van der Waals surface area contributed by atoms with Gasteiger partial charge in [-0.2, -0.15) is 0 Å². The Kier molecular flexibility index (Phi) is 8.45. The Morgan fingerprint density at radius 1 is 1.00 bits per heavy atom. The van der Waals surface area contributed by atoms with Gasteiger partial charge < -0.3 is 9.15 Å². The summed E-state index contributed by atoms with van der Waals surface area (Å²) < 4.78 is 25.9. The Morgan fingerprint density at radius 3 is 2.52 bits per heavy atom. The largest absolute Gasteiger partial charge is 0.490 e. The molecule has 0 saturated heterocycles. The van der Waals surface area contributed by atoms with Crippen LogP contribution in [0.25, 0.3) is 16.8 Å². The highest BCUT2D eigenvalue weighted by Gasteiger charge is 2.14. The Labute approximate surface area is 183 Å². The van der Waals surface area contributed by atoms with E-state index in [1.54, 1.807) is 18.2 Å². The van der Waals surface area contributed by atoms with Gasteiger partial charge in [-0.3, -0.25) is 0 Å². The number of hydrogen-bond donors (Lipinski definition) is 0. The Balaban J connectivity index is 1.66. The van der Waals surface area contributed by atoms with E-state index in [0.717, 1.165) is 36.8 Å². The van der Waals surface area contributed by atoms with Gasteiger partial charge in [0.2, 0.25) is 0 Å². The van der Waals surface area contributed by atoms with Gasteiger partial charge in [0, 0.05) is 6.42 Å². The fraction of sp³-hybridized carbons (Fsp3) is 0.370. The SMILES string of the molecule is C/C=C/c1ccc(CCc2cc3ccc(OCCCCCCC)c(F)c3c(=O)o2)cc1. The van der Waals surface area contributed by atoms with Crippen LogP contribution in [0.15, 0.2) is 57.8 Å². The molecule has 3 aromatic rings. The van der Waals surface area contributed by atoms with Crippen LogP contribution < -0.4 is 10.4 Å². The predicted molar refractivity (Wildman–Crippen MR) is 125 cm³/mol. The van der Waals surface area contributed by atoms with Crippen molar-refractivity contribution in [2.45, 2.75) is 58.8 Å². The minimum absolute atomic E-state index is 0.0389. The Morgan fingerprint density at radius 2 is 1.77 bits per heavy atom. The maximum Gasteiger partial charge on any atom is 0.346 e. The van der Waals surface area contributed by atoms with Crippen molar-refractivity contribution >= 4 is 16.8 Å². The number of aryl methyl sites for hydroxylation is 2. The van der Waals surface area contributed by atoms with Gasteiger partial charge in [0.1, 0.15) is 11.1 Å². The summed E-state index contributed by atoms with van der Waals surface area (Å²) in [7, 11) is 0. The molecule has 0 bridgehead atoms. The van der Waals surface area contributed by atoms with Gasteiger partial charge in [-0.15, -0.1) is 0 Å². The summed E-state index contributed by atoms with van der Waals surface area (Å²) >= 11 is 0. The van der Waals surface area contributed by atoms with Crippen LogP contribution in [0.4, 0.5) is 4.39 Å². The fourth-order valence-corrected chi connectivity index (χ4v) is 3.65. The molecule has 3 nitrogen and oxygen atoms in total. The molecule has 1 aromatic heterocycles. The maximum absolute atomic E-state index is 14.9. The first kappa shape index (κ1) is 22.8. The van der Waals surface area contributed by atoms with Gasteiger partial charge in [-0.25, -0.2) is 9.18 Å². The monoisotopic (exact) mass is 422 g/mol. The number of benzene rings is 2. The molecule has 3 rings (SSSR count). The van der Waals surface area contributed by atoms with Crippen molar-refractivity contribution in [2.24, 2.45) is 0 Å². The van der Waals surface area contributed by atoms with Gasteiger partial charge in [0.05, 0.1) is 6.61 Å². The molecule has 2 aromatic carbocycles. The van der Waals surface area contributed by atoms with E-state index >= 15 is 0 Å². The standard InChI is InChI=1S/C27H31FO3/c1-3-5-6-7-8-18-30-24-17-15-22-19-23(31-27(29)25(22)26(24)28)16-14-21-12-10-20(9-4-2)11-13-21/h4,9-13,15,17,19H,3,5-8,14,16,18H2,1-2H3/b9-4+. The van der Waals surface area contributed by atoms with Crippen LogP contribution in [-0.4, -0.2) is 6.61 Å². The second-order valence-electron chi connectivity index (χ2n) is 7.85. The van der Waals surface area contributed by atoms with Crippen LogP contribution in [0.2, 0.25) is 0 Å². The van der Waals surface area contributed by atoms with Crippen molar-refractivity contribution in [2.75, 3.05) is 6.61 Å². The van der Waals surface area contributed by atoms with Crippen molar-refractivity contribution in [1.82, 2.24) is 0 Å². The normalized spacial score (nSPS) is 11.5. The van der Waals surface area contributed by atoms with Gasteiger partial charge in [-0.05, 0) is 48.4 Å². The molecule has 0 N–H and O–H groups in total. The number of halogens is 1. The minimum Gasteiger partial charge on any atom is -0.490 e. The molecule has 164 valence electrons. The number of rotatable bonds is 11. The van der Waals surface area contributed by atoms with E-state index in [2.05, 4.69) is 31.2 Å². The van der Waals surface area contributed by atoms with E-state index in [4.69, 9.17) is 9.15 Å². The molecule has 0 aliphatic carbocycles. The molecule has 31 heavy (non-hydrogen) atoms. The highest BCUT2D eigenvalue weighted by molar-refractivity contribution is 5.83. The smallest absolute Gasteiger partial charge is 0.346 e. The van der Waals surface area contributed by atoms with E-state index < -0.39 is 11.4 Å². The van der Waals surface area contributed by atoms with Gasteiger partial charge in [0.15, 0.2) is 11.6 Å². The van der Waals surface area contributed by atoms with Crippen molar-refractivity contribution in [3.63, 3.8) is 0 Å². The maximum atomic E-state index is 14.9. The lowest BCUT2D eigenvalue weighted by molar-refractivity contribution is 0.291. The summed E-state index contributed by atoms with van der Waals surface area (Å²) in [5, 5.41) is 0.505. The average molecular weight is 423 g/mol. The zero-order valence-corrected chi connectivity index (χ0v) is 18.5. The zero-order valence-electron chi connectivity index (χ0n) is 18.5. The number of allylic oxidation sites excluding steroid dienone is 1. The molecule has 4 heteroatoms. The Bertz CT molecular complexity index is 1060. The van der Waals surface area contributed by atoms with Crippen LogP contribution in [0.3, 0.4) is 0 Å². The van der Waals surface area contributed by atoms with Crippen molar-refractivity contribution in [3.05, 3.63) is 81.7 Å². The number of fused-ring (bicyclic) bond motifs is 1. The molecular weight excluding hydrogens is 391 g/mol. The zero-order chi connectivity index (χ0) is 22.1. The van der Waals surface area contributed by atoms with E-state index in [9.17, 15) is 9.18 Å². The number of hydrogen-bond acceptors (Lipinski definition) is 3. The molecule has 0 fully saturated rings. The summed E-state index contributed by atoms with van der Waals surface area (Å²) in [4.78, 5) is 12.5. The fourth-order valence-electron chi connectivity index (χ4n) is 3.65. The first-order valence-electron chi connectivity index (χ1n) is 11.2. The molecule has 0 aliphatic rings. The molecule has 0 aliphatic heterocycles. The molecule has 0 saturated carbocycles. The lowest BCUT2D eigenvalue weighted by Gasteiger charge is -2.09. The lowest BCUT2D eigenvalue weighted by atomic mass is 10.0. The van der Waals surface area contributed by atoms with Crippen molar-refractivity contribution in [3.8, 4) is 5.75 Å². The van der Waals surface area contributed by atoms with E-state index in [0.29, 0.717) is 24.2 Å². The second-order valence-corrected chi connectivity index (χ2v) is 7.85. The molecule has 1 heterocycles. The Hall–Kier alpha value is -2.88. The van der Waals surface area contributed by atoms with Crippen LogP contribution in [-0.2, 0) is 12.8 Å². The molecule has 0 unspecified atom stereocenters. The molecule has 0 atom stereocenters. The van der Waals surface area contributed by atoms with Crippen LogP contribution in [0.5, 0.6) is 5.75 Å². The number of ether oxygens (including phenoxy) is 1. The highest BCUT2D eigenvalue weighted by Crippen LogP contribution is 2.25. The quantitative estimate of drug-likeness (QED) is 0.309. The molecule has 0 spiro atoms. The molecule has 0 radical (unpaired) electrons. The first-order valence-corrected chi connectivity index (χ1v) is 11.2. The molecule has 0 amide bonds. The third-order valence-electron chi connectivity index (χ3n) is 5.39. The highest BCUT2D eigenvalue weighted by atomic mass is 19.1. The summed E-state index contributed by atoms with van der Waals surface area (Å²) in [5.41, 5.74) is 1.66. The summed E-state index contributed by atoms with van der Waals surface area (Å²) in [6, 6.07) is 13.4. The van der Waals surface area contributed by atoms with Gasteiger partial charge in [-0.1, -0.05) is 75.1 Å². The summed E-state index contributed by atoms with van der Waals surface area (Å²) in [6.07, 6.45) is 10.8. The van der Waals surface area contributed by atoms with E-state index in [1.807, 2.05) is 19.1 Å². The minimum atomic E-state index is -0.651. The van der Waals surface area contributed by atoms with Crippen LogP contribution in [0.1, 0.15) is 62.8 Å². The second kappa shape index (κ2) is 11.5. The van der Waals surface area contributed by atoms with Crippen LogP contribution >= 0.6 is 0 Å². The predicted octanol–water partition coefficient (Wildman–Crippen LogP) is 7.10.